The van der Waals surface area contributed by atoms with Crippen LogP contribution in [-0.4, -0.2) is 4.92 Å². The van der Waals surface area contributed by atoms with Gasteiger partial charge < -0.3 is 0 Å². The summed E-state index contributed by atoms with van der Waals surface area (Å²) < 4.78 is 0.600. The summed E-state index contributed by atoms with van der Waals surface area (Å²) in [6.45, 7) is 1.83. The number of halogens is 1. The van der Waals surface area contributed by atoms with E-state index in [4.69, 9.17) is 0 Å². The number of hydrogen-bond acceptors (Lipinski definition) is 3. The molecule has 0 N–H and O–H groups in total. The molecule has 0 aliphatic heterocycles. The number of nitro groups is 1. The van der Waals surface area contributed by atoms with Gasteiger partial charge in [-0.2, -0.15) is 0 Å². The number of rotatable bonds is 1. The Morgan fingerprint density at radius 2 is 2.40 bits per heavy atom. The Labute approximate surface area is 70.0 Å². The van der Waals surface area contributed by atoms with E-state index in [1.54, 1.807) is 5.38 Å². The van der Waals surface area contributed by atoms with Crippen molar-refractivity contribution in [3.8, 4) is 0 Å². The maximum absolute atomic E-state index is 10.2. The van der Waals surface area contributed by atoms with Gasteiger partial charge in [-0.05, 0) is 28.4 Å². The highest BCUT2D eigenvalue weighted by Gasteiger charge is 2.15. The molecule has 0 aliphatic carbocycles. The molecule has 0 bridgehead atoms. The van der Waals surface area contributed by atoms with Crippen molar-refractivity contribution >= 4 is 32.3 Å². The van der Waals surface area contributed by atoms with Crippen LogP contribution in [0.3, 0.4) is 0 Å². The van der Waals surface area contributed by atoms with Crippen LogP contribution in [0.1, 0.15) is 5.56 Å². The first-order valence-corrected chi connectivity index (χ1v) is 4.18. The molecule has 0 saturated carbocycles. The van der Waals surface area contributed by atoms with Crippen molar-refractivity contribution in [2.24, 2.45) is 0 Å². The standard InChI is InChI=1S/C5H4BrNO2S/c1-3-2-10-5(4(3)6)7(8)9/h2H,1H3. The second kappa shape index (κ2) is 2.67. The first-order chi connectivity index (χ1) is 4.63. The molecule has 0 aliphatic rings. The van der Waals surface area contributed by atoms with Gasteiger partial charge in [0.2, 0.25) is 0 Å². The highest BCUT2D eigenvalue weighted by Crippen LogP contribution is 2.34. The minimum Gasteiger partial charge on any atom is -0.258 e. The largest absolute Gasteiger partial charge is 0.338 e. The van der Waals surface area contributed by atoms with Crippen LogP contribution in [0.25, 0.3) is 0 Å². The average molecular weight is 222 g/mol. The molecular weight excluding hydrogens is 218 g/mol. The van der Waals surface area contributed by atoms with Gasteiger partial charge in [0.15, 0.2) is 0 Å². The summed E-state index contributed by atoms with van der Waals surface area (Å²) in [6, 6.07) is 0. The normalized spacial score (nSPS) is 9.80. The van der Waals surface area contributed by atoms with Crippen LogP contribution >= 0.6 is 27.3 Å². The quantitative estimate of drug-likeness (QED) is 0.541. The summed E-state index contributed by atoms with van der Waals surface area (Å²) in [5, 5.41) is 12.2. The molecule has 3 nitrogen and oxygen atoms in total. The zero-order chi connectivity index (χ0) is 7.72. The molecule has 0 fully saturated rings. The first kappa shape index (κ1) is 7.68. The van der Waals surface area contributed by atoms with Crippen molar-refractivity contribution in [1.82, 2.24) is 0 Å². The van der Waals surface area contributed by atoms with Gasteiger partial charge in [0.05, 0.1) is 4.92 Å². The fraction of sp³-hybridized carbons (Fsp3) is 0.200. The molecule has 0 amide bonds. The molecule has 0 spiro atoms. The van der Waals surface area contributed by atoms with Crippen LogP contribution in [0.2, 0.25) is 0 Å². The smallest absolute Gasteiger partial charge is 0.258 e. The van der Waals surface area contributed by atoms with Gasteiger partial charge in [0.1, 0.15) is 4.47 Å². The highest BCUT2D eigenvalue weighted by atomic mass is 79.9. The third kappa shape index (κ3) is 1.19. The summed E-state index contributed by atoms with van der Waals surface area (Å²) in [7, 11) is 0. The molecule has 5 heteroatoms. The van der Waals surface area contributed by atoms with Crippen molar-refractivity contribution in [3.05, 3.63) is 25.5 Å². The van der Waals surface area contributed by atoms with Crippen LogP contribution in [-0.2, 0) is 0 Å². The minimum absolute atomic E-state index is 0.178. The van der Waals surface area contributed by atoms with E-state index in [1.807, 2.05) is 6.92 Å². The van der Waals surface area contributed by atoms with E-state index < -0.39 is 0 Å². The molecule has 54 valence electrons. The van der Waals surface area contributed by atoms with Crippen LogP contribution in [0.4, 0.5) is 5.00 Å². The molecule has 0 radical (unpaired) electrons. The zero-order valence-electron chi connectivity index (χ0n) is 5.13. The van der Waals surface area contributed by atoms with E-state index in [2.05, 4.69) is 15.9 Å². The third-order valence-corrected chi connectivity index (χ3v) is 3.36. The average Bonchev–Trinajstić information content (AvgIpc) is 2.14. The van der Waals surface area contributed by atoms with Gasteiger partial charge in [0.25, 0.3) is 0 Å². The molecule has 0 unspecified atom stereocenters. The lowest BCUT2D eigenvalue weighted by atomic mass is 10.4. The monoisotopic (exact) mass is 221 g/mol. The van der Waals surface area contributed by atoms with Gasteiger partial charge in [-0.1, -0.05) is 11.3 Å². The summed E-state index contributed by atoms with van der Waals surface area (Å²) in [5.41, 5.74) is 0.914. The number of aryl methyl sites for hydroxylation is 1. The molecule has 0 aromatic carbocycles. The predicted octanol–water partition coefficient (Wildman–Crippen LogP) is 2.73. The summed E-state index contributed by atoms with van der Waals surface area (Å²) in [4.78, 5) is 9.83. The van der Waals surface area contributed by atoms with Crippen molar-refractivity contribution < 1.29 is 4.92 Å². The second-order valence-corrected chi connectivity index (χ2v) is 3.45. The maximum Gasteiger partial charge on any atom is 0.338 e. The van der Waals surface area contributed by atoms with Crippen LogP contribution in [0.15, 0.2) is 9.85 Å². The first-order valence-electron chi connectivity index (χ1n) is 2.51. The maximum atomic E-state index is 10.2. The lowest BCUT2D eigenvalue weighted by Crippen LogP contribution is -1.83. The van der Waals surface area contributed by atoms with E-state index in [1.165, 1.54) is 0 Å². The molecular formula is C5H4BrNO2S. The van der Waals surface area contributed by atoms with E-state index in [0.717, 1.165) is 16.9 Å². The Bertz CT molecular complexity index is 271. The molecule has 1 aromatic heterocycles. The number of hydrogen-bond donors (Lipinski definition) is 0. The Hall–Kier alpha value is -0.420. The van der Waals surface area contributed by atoms with Crippen LogP contribution in [0, 0.1) is 17.0 Å². The topological polar surface area (TPSA) is 43.1 Å². The molecule has 0 atom stereocenters. The van der Waals surface area contributed by atoms with Gasteiger partial charge in [-0.15, -0.1) is 0 Å². The molecule has 1 aromatic rings. The number of thiophene rings is 1. The van der Waals surface area contributed by atoms with Gasteiger partial charge >= 0.3 is 5.00 Å². The summed E-state index contributed by atoms with van der Waals surface area (Å²) in [6.07, 6.45) is 0. The zero-order valence-corrected chi connectivity index (χ0v) is 7.53. The summed E-state index contributed by atoms with van der Waals surface area (Å²) in [5.74, 6) is 0. The van der Waals surface area contributed by atoms with Crippen LogP contribution in [0.5, 0.6) is 0 Å². The van der Waals surface area contributed by atoms with Crippen molar-refractivity contribution in [1.29, 1.82) is 0 Å². The Morgan fingerprint density at radius 1 is 1.80 bits per heavy atom. The minimum atomic E-state index is -0.387. The van der Waals surface area contributed by atoms with Crippen molar-refractivity contribution in [3.63, 3.8) is 0 Å². The summed E-state index contributed by atoms with van der Waals surface area (Å²) >= 11 is 4.26. The lowest BCUT2D eigenvalue weighted by molar-refractivity contribution is -0.381. The third-order valence-electron chi connectivity index (χ3n) is 1.05. The molecule has 1 rings (SSSR count). The molecule has 10 heavy (non-hydrogen) atoms. The Balaban J connectivity index is 3.17. The fourth-order valence-corrected chi connectivity index (χ4v) is 1.99. The SMILES string of the molecule is Cc1csc([N+](=O)[O-])c1Br. The van der Waals surface area contributed by atoms with Crippen molar-refractivity contribution in [2.45, 2.75) is 6.92 Å². The Kier molecular flexibility index (Phi) is 2.05. The Morgan fingerprint density at radius 3 is 2.60 bits per heavy atom. The predicted molar refractivity (Wildman–Crippen MR) is 43.4 cm³/mol. The fourth-order valence-electron chi connectivity index (χ4n) is 0.540. The van der Waals surface area contributed by atoms with Crippen molar-refractivity contribution in [2.75, 3.05) is 0 Å². The van der Waals surface area contributed by atoms with Gasteiger partial charge in [0, 0.05) is 5.38 Å². The van der Waals surface area contributed by atoms with E-state index in [0.29, 0.717) is 4.47 Å². The van der Waals surface area contributed by atoms with E-state index in [-0.39, 0.29) is 9.92 Å². The lowest BCUT2D eigenvalue weighted by Gasteiger charge is -1.84. The van der Waals surface area contributed by atoms with E-state index in [9.17, 15) is 10.1 Å². The van der Waals surface area contributed by atoms with Gasteiger partial charge in [-0.3, -0.25) is 10.1 Å². The number of nitrogens with zero attached hydrogens (tertiary/aromatic N) is 1. The van der Waals surface area contributed by atoms with Gasteiger partial charge in [-0.25, -0.2) is 0 Å². The molecule has 0 saturated heterocycles. The highest BCUT2D eigenvalue weighted by molar-refractivity contribution is 9.10. The molecule has 1 heterocycles. The van der Waals surface area contributed by atoms with Crippen LogP contribution < -0.4 is 0 Å². The van der Waals surface area contributed by atoms with E-state index >= 15 is 0 Å². The second-order valence-electron chi connectivity index (χ2n) is 1.79.